The first-order chi connectivity index (χ1) is 9.96. The predicted octanol–water partition coefficient (Wildman–Crippen LogP) is 3.22. The quantitative estimate of drug-likeness (QED) is 0.927. The van der Waals surface area contributed by atoms with Gasteiger partial charge in [-0.25, -0.2) is 0 Å². The number of ether oxygens (including phenoxy) is 1. The standard InChI is InChI=1S/C17H28N2OS/c1-13-11-14(5-6-16(13)20-4)15(12-18)19-8-7-17(2,3)21-10-9-19/h5-6,11,15H,7-10,12,18H2,1-4H3. The van der Waals surface area contributed by atoms with Crippen LogP contribution >= 0.6 is 11.8 Å². The summed E-state index contributed by atoms with van der Waals surface area (Å²) >= 11 is 2.07. The van der Waals surface area contributed by atoms with Crippen LogP contribution in [0.3, 0.4) is 0 Å². The maximum Gasteiger partial charge on any atom is 0.121 e. The van der Waals surface area contributed by atoms with Crippen LogP contribution in [0.1, 0.15) is 37.4 Å². The van der Waals surface area contributed by atoms with Crippen LogP contribution in [0, 0.1) is 6.92 Å². The van der Waals surface area contributed by atoms with Gasteiger partial charge >= 0.3 is 0 Å². The van der Waals surface area contributed by atoms with Gasteiger partial charge in [-0.3, -0.25) is 4.90 Å². The second-order valence-corrected chi connectivity index (χ2v) is 8.18. The van der Waals surface area contributed by atoms with Crippen LogP contribution in [-0.2, 0) is 0 Å². The Morgan fingerprint density at radius 1 is 1.38 bits per heavy atom. The minimum absolute atomic E-state index is 0.309. The summed E-state index contributed by atoms with van der Waals surface area (Å²) in [5.41, 5.74) is 8.58. The maximum atomic E-state index is 6.10. The molecule has 1 aliphatic heterocycles. The summed E-state index contributed by atoms with van der Waals surface area (Å²) in [4.78, 5) is 2.54. The van der Waals surface area contributed by atoms with E-state index in [0.717, 1.165) is 18.8 Å². The summed E-state index contributed by atoms with van der Waals surface area (Å²) in [5.74, 6) is 2.13. The molecule has 2 N–H and O–H groups in total. The number of methoxy groups -OCH3 is 1. The van der Waals surface area contributed by atoms with E-state index < -0.39 is 0 Å². The van der Waals surface area contributed by atoms with Crippen molar-refractivity contribution in [1.82, 2.24) is 4.90 Å². The normalized spacial score (nSPS) is 20.8. The van der Waals surface area contributed by atoms with Gasteiger partial charge in [0.25, 0.3) is 0 Å². The van der Waals surface area contributed by atoms with E-state index in [1.54, 1.807) is 7.11 Å². The molecule has 1 atom stereocenters. The molecule has 2 rings (SSSR count). The third-order valence-corrected chi connectivity index (χ3v) is 5.71. The lowest BCUT2D eigenvalue weighted by molar-refractivity contribution is 0.210. The van der Waals surface area contributed by atoms with Crippen molar-refractivity contribution >= 4 is 11.8 Å². The second-order valence-electron chi connectivity index (χ2n) is 6.37. The minimum Gasteiger partial charge on any atom is -0.496 e. The highest BCUT2D eigenvalue weighted by Gasteiger charge is 2.27. The number of rotatable bonds is 4. The molecule has 0 spiro atoms. The zero-order chi connectivity index (χ0) is 15.5. The Morgan fingerprint density at radius 2 is 2.14 bits per heavy atom. The number of nitrogens with zero attached hydrogens (tertiary/aromatic N) is 1. The summed E-state index contributed by atoms with van der Waals surface area (Å²) in [7, 11) is 1.72. The molecule has 1 aromatic rings. The molecule has 1 unspecified atom stereocenters. The Hall–Kier alpha value is -0.710. The molecule has 1 saturated heterocycles. The number of hydrogen-bond donors (Lipinski definition) is 1. The van der Waals surface area contributed by atoms with Gasteiger partial charge < -0.3 is 10.5 Å². The molecule has 0 amide bonds. The summed E-state index contributed by atoms with van der Waals surface area (Å²) in [5, 5.41) is 0. The Kier molecular flexibility index (Phi) is 5.58. The molecule has 3 nitrogen and oxygen atoms in total. The lowest BCUT2D eigenvalue weighted by Crippen LogP contribution is -2.36. The van der Waals surface area contributed by atoms with Crippen molar-refractivity contribution in [1.29, 1.82) is 0 Å². The second kappa shape index (κ2) is 7.03. The Bertz CT molecular complexity index is 476. The van der Waals surface area contributed by atoms with Crippen LogP contribution < -0.4 is 10.5 Å². The average Bonchev–Trinajstić information content (AvgIpc) is 2.61. The number of thioether (sulfide) groups is 1. The van der Waals surface area contributed by atoms with Crippen molar-refractivity contribution in [2.45, 2.75) is 38.0 Å². The predicted molar refractivity (Wildman–Crippen MR) is 92.3 cm³/mol. The minimum atomic E-state index is 0.309. The van der Waals surface area contributed by atoms with Gasteiger partial charge in [-0.1, -0.05) is 26.0 Å². The Morgan fingerprint density at radius 3 is 2.76 bits per heavy atom. The fourth-order valence-corrected chi connectivity index (χ4v) is 4.07. The van der Waals surface area contributed by atoms with E-state index >= 15 is 0 Å². The zero-order valence-corrected chi connectivity index (χ0v) is 14.5. The maximum absolute atomic E-state index is 6.10. The topological polar surface area (TPSA) is 38.5 Å². The number of aryl methyl sites for hydroxylation is 1. The van der Waals surface area contributed by atoms with Crippen molar-refractivity contribution in [3.05, 3.63) is 29.3 Å². The lowest BCUT2D eigenvalue weighted by atomic mass is 10.0. The van der Waals surface area contributed by atoms with Gasteiger partial charge in [0.15, 0.2) is 0 Å². The molecule has 1 heterocycles. The van der Waals surface area contributed by atoms with E-state index in [1.165, 1.54) is 23.3 Å². The van der Waals surface area contributed by atoms with Gasteiger partial charge in [-0.05, 0) is 30.5 Å². The van der Waals surface area contributed by atoms with Gasteiger partial charge in [0.1, 0.15) is 5.75 Å². The molecule has 0 radical (unpaired) electrons. The number of benzene rings is 1. The molecule has 1 aromatic carbocycles. The highest BCUT2D eigenvalue weighted by atomic mass is 32.2. The van der Waals surface area contributed by atoms with Crippen molar-refractivity contribution < 1.29 is 4.74 Å². The third-order valence-electron chi connectivity index (χ3n) is 4.34. The Balaban J connectivity index is 2.17. The molecule has 0 aromatic heterocycles. The number of nitrogens with two attached hydrogens (primary N) is 1. The van der Waals surface area contributed by atoms with E-state index in [0.29, 0.717) is 17.3 Å². The van der Waals surface area contributed by atoms with Crippen LogP contribution in [-0.4, -0.2) is 42.1 Å². The first-order valence-electron chi connectivity index (χ1n) is 7.69. The Labute approximate surface area is 133 Å². The molecule has 1 fully saturated rings. The van der Waals surface area contributed by atoms with Crippen molar-refractivity contribution in [3.8, 4) is 5.75 Å². The summed E-state index contributed by atoms with van der Waals surface area (Å²) in [6, 6.07) is 6.75. The first-order valence-corrected chi connectivity index (χ1v) is 8.68. The van der Waals surface area contributed by atoms with Gasteiger partial charge in [-0.15, -0.1) is 0 Å². The number of hydrogen-bond acceptors (Lipinski definition) is 4. The highest BCUT2D eigenvalue weighted by Crippen LogP contribution is 2.34. The van der Waals surface area contributed by atoms with E-state index in [9.17, 15) is 0 Å². The van der Waals surface area contributed by atoms with Crippen LogP contribution in [0.15, 0.2) is 18.2 Å². The molecule has 0 saturated carbocycles. The van der Waals surface area contributed by atoms with Gasteiger partial charge in [0.2, 0.25) is 0 Å². The smallest absolute Gasteiger partial charge is 0.121 e. The van der Waals surface area contributed by atoms with Crippen LogP contribution in [0.4, 0.5) is 0 Å². The summed E-state index contributed by atoms with van der Waals surface area (Å²) in [6.07, 6.45) is 1.21. The van der Waals surface area contributed by atoms with E-state index in [-0.39, 0.29) is 0 Å². The summed E-state index contributed by atoms with van der Waals surface area (Å²) in [6.45, 7) is 9.68. The molecule has 118 valence electrons. The zero-order valence-electron chi connectivity index (χ0n) is 13.7. The highest BCUT2D eigenvalue weighted by molar-refractivity contribution is 8.00. The SMILES string of the molecule is COc1ccc(C(CN)N2CCSC(C)(C)CC2)cc1C. The third kappa shape index (κ3) is 4.15. The molecule has 0 aliphatic carbocycles. The van der Waals surface area contributed by atoms with Crippen LogP contribution in [0.25, 0.3) is 0 Å². The van der Waals surface area contributed by atoms with Crippen LogP contribution in [0.5, 0.6) is 5.75 Å². The monoisotopic (exact) mass is 308 g/mol. The fourth-order valence-electron chi connectivity index (χ4n) is 2.95. The van der Waals surface area contributed by atoms with Crippen molar-refractivity contribution in [2.24, 2.45) is 5.73 Å². The van der Waals surface area contributed by atoms with Gasteiger partial charge in [0.05, 0.1) is 7.11 Å². The molecular weight excluding hydrogens is 280 g/mol. The van der Waals surface area contributed by atoms with Crippen molar-refractivity contribution in [3.63, 3.8) is 0 Å². The molecule has 4 heteroatoms. The lowest BCUT2D eigenvalue weighted by Gasteiger charge is -2.30. The summed E-state index contributed by atoms with van der Waals surface area (Å²) < 4.78 is 5.74. The van der Waals surface area contributed by atoms with E-state index in [2.05, 4.69) is 55.6 Å². The van der Waals surface area contributed by atoms with Crippen molar-refractivity contribution in [2.75, 3.05) is 32.5 Å². The van der Waals surface area contributed by atoms with Crippen LogP contribution in [0.2, 0.25) is 0 Å². The van der Waals surface area contributed by atoms with E-state index in [4.69, 9.17) is 10.5 Å². The largest absolute Gasteiger partial charge is 0.496 e. The van der Waals surface area contributed by atoms with Gasteiger partial charge in [0, 0.05) is 36.2 Å². The molecular formula is C17H28N2OS. The molecule has 0 bridgehead atoms. The molecule has 21 heavy (non-hydrogen) atoms. The average molecular weight is 308 g/mol. The van der Waals surface area contributed by atoms with E-state index in [1.807, 2.05) is 0 Å². The van der Waals surface area contributed by atoms with Gasteiger partial charge in [-0.2, -0.15) is 11.8 Å². The fraction of sp³-hybridized carbons (Fsp3) is 0.647. The molecule has 1 aliphatic rings. The first kappa shape index (κ1) is 16.7.